The third-order valence-electron chi connectivity index (χ3n) is 2.94. The monoisotopic (exact) mass is 294 g/mol. The highest BCUT2D eigenvalue weighted by molar-refractivity contribution is 6.03. The van der Waals surface area contributed by atoms with Gasteiger partial charge in [0.05, 0.1) is 17.6 Å². The Morgan fingerprint density at radius 1 is 1.35 bits per heavy atom. The van der Waals surface area contributed by atoms with Crippen molar-refractivity contribution in [3.8, 4) is 5.75 Å². The average molecular weight is 295 g/mol. The van der Waals surface area contributed by atoms with Crippen LogP contribution in [-0.4, -0.2) is 28.2 Å². The number of nitrogens with zero attached hydrogens (tertiary/aromatic N) is 2. The highest BCUT2D eigenvalue weighted by Crippen LogP contribution is 2.20. The van der Waals surface area contributed by atoms with Gasteiger partial charge in [-0.1, -0.05) is 0 Å². The first-order chi connectivity index (χ1) is 9.26. The molecule has 0 fully saturated rings. The Bertz CT molecular complexity index is 665. The summed E-state index contributed by atoms with van der Waals surface area (Å²) in [5, 5.41) is 4.03. The molecule has 106 valence electrons. The van der Waals surface area contributed by atoms with Gasteiger partial charge in [0.2, 0.25) is 5.91 Å². The molecule has 0 radical (unpaired) electrons. The summed E-state index contributed by atoms with van der Waals surface area (Å²) in [6.45, 7) is 2.58. The molecular weight excluding hydrogens is 280 g/mol. The summed E-state index contributed by atoms with van der Waals surface area (Å²) in [6.07, 6.45) is 1.05. The predicted octanol–water partition coefficient (Wildman–Crippen LogP) is 2.00. The maximum absolute atomic E-state index is 11.1. The van der Waals surface area contributed by atoms with Gasteiger partial charge in [-0.25, -0.2) is 10.4 Å². The molecule has 0 spiro atoms. The van der Waals surface area contributed by atoms with Gasteiger partial charge in [-0.3, -0.25) is 4.79 Å². The van der Waals surface area contributed by atoms with Crippen molar-refractivity contribution in [1.29, 1.82) is 0 Å². The Morgan fingerprint density at radius 3 is 2.90 bits per heavy atom. The number of aromatic amines is 1. The van der Waals surface area contributed by atoms with E-state index in [1.807, 2.05) is 25.1 Å². The van der Waals surface area contributed by atoms with Gasteiger partial charge in [0, 0.05) is 18.9 Å². The van der Waals surface area contributed by atoms with E-state index < -0.39 is 0 Å². The number of ether oxygens (including phenoxy) is 1. The quantitative estimate of drug-likeness (QED) is 0.908. The largest absolute Gasteiger partial charge is 0.494 e. The number of H-pyrrole nitrogens is 1. The molecule has 1 aromatic carbocycles. The lowest BCUT2D eigenvalue weighted by molar-refractivity contribution is -0.121. The van der Waals surface area contributed by atoms with Gasteiger partial charge in [-0.05, 0) is 19.1 Å². The van der Waals surface area contributed by atoms with Crippen LogP contribution < -0.4 is 10.2 Å². The van der Waals surface area contributed by atoms with Crippen molar-refractivity contribution in [2.75, 3.05) is 6.61 Å². The van der Waals surface area contributed by atoms with Gasteiger partial charge in [-0.2, -0.15) is 5.10 Å². The summed E-state index contributed by atoms with van der Waals surface area (Å²) in [7, 11) is 0. The molecular formula is C13H15ClN4O2. The number of hydrazone groups is 1. The van der Waals surface area contributed by atoms with Crippen LogP contribution in [0.5, 0.6) is 5.75 Å². The molecule has 6 nitrogen and oxygen atoms in total. The lowest BCUT2D eigenvalue weighted by Crippen LogP contribution is -2.26. The number of nitrogens with one attached hydrogen (secondary N) is 2. The van der Waals surface area contributed by atoms with Gasteiger partial charge >= 0.3 is 0 Å². The van der Waals surface area contributed by atoms with Crippen LogP contribution in [0, 0.1) is 0 Å². The predicted molar refractivity (Wildman–Crippen MR) is 78.4 cm³/mol. The number of carbonyl (C=O) groups is 1. The van der Waals surface area contributed by atoms with Crippen LogP contribution in [0.1, 0.15) is 25.6 Å². The van der Waals surface area contributed by atoms with E-state index in [2.05, 4.69) is 20.5 Å². The highest BCUT2D eigenvalue weighted by Gasteiger charge is 2.16. The van der Waals surface area contributed by atoms with E-state index in [-0.39, 0.29) is 18.3 Å². The summed E-state index contributed by atoms with van der Waals surface area (Å²) in [4.78, 5) is 18.7. The molecule has 0 unspecified atom stereocenters. The molecule has 3 rings (SSSR count). The van der Waals surface area contributed by atoms with Crippen molar-refractivity contribution < 1.29 is 9.53 Å². The molecule has 1 aliphatic rings. The van der Waals surface area contributed by atoms with Crippen molar-refractivity contribution >= 4 is 35.1 Å². The van der Waals surface area contributed by atoms with Crippen LogP contribution in [0.4, 0.5) is 0 Å². The third kappa shape index (κ3) is 2.75. The van der Waals surface area contributed by atoms with Crippen molar-refractivity contribution in [1.82, 2.24) is 15.4 Å². The zero-order valence-electron chi connectivity index (χ0n) is 11.0. The van der Waals surface area contributed by atoms with E-state index in [1.165, 1.54) is 0 Å². The molecule has 0 bridgehead atoms. The SMILES string of the molecule is CCOc1ccc2nc(C3=NNC(=O)CC3)[nH]c2c1.Cl. The van der Waals surface area contributed by atoms with Gasteiger partial charge in [0.1, 0.15) is 11.5 Å². The lowest BCUT2D eigenvalue weighted by atomic mass is 10.2. The first-order valence-electron chi connectivity index (χ1n) is 6.24. The number of rotatable bonds is 3. The van der Waals surface area contributed by atoms with Crippen LogP contribution in [-0.2, 0) is 4.79 Å². The van der Waals surface area contributed by atoms with Crippen LogP contribution >= 0.6 is 12.4 Å². The molecule has 0 saturated carbocycles. The van der Waals surface area contributed by atoms with Crippen LogP contribution in [0.2, 0.25) is 0 Å². The number of hydrogen-bond donors (Lipinski definition) is 2. The zero-order valence-corrected chi connectivity index (χ0v) is 11.8. The number of carbonyl (C=O) groups excluding carboxylic acids is 1. The van der Waals surface area contributed by atoms with Gasteiger partial charge in [0.15, 0.2) is 5.82 Å². The number of imidazole rings is 1. The third-order valence-corrected chi connectivity index (χ3v) is 2.94. The van der Waals surface area contributed by atoms with Gasteiger partial charge < -0.3 is 9.72 Å². The maximum Gasteiger partial charge on any atom is 0.240 e. The summed E-state index contributed by atoms with van der Waals surface area (Å²) in [5.41, 5.74) is 5.01. The molecule has 1 amide bonds. The number of hydrogen-bond acceptors (Lipinski definition) is 4. The van der Waals surface area contributed by atoms with Crippen molar-refractivity contribution in [3.63, 3.8) is 0 Å². The fraction of sp³-hybridized carbons (Fsp3) is 0.308. The van der Waals surface area contributed by atoms with Gasteiger partial charge in [0.25, 0.3) is 0 Å². The lowest BCUT2D eigenvalue weighted by Gasteiger charge is -2.08. The molecule has 1 aliphatic heterocycles. The minimum Gasteiger partial charge on any atom is -0.494 e. The zero-order chi connectivity index (χ0) is 13.2. The van der Waals surface area contributed by atoms with Crippen molar-refractivity contribution in [2.45, 2.75) is 19.8 Å². The Morgan fingerprint density at radius 2 is 2.20 bits per heavy atom. The Kier molecular flexibility index (Phi) is 4.24. The van der Waals surface area contributed by atoms with E-state index in [0.29, 0.717) is 25.3 Å². The first-order valence-corrected chi connectivity index (χ1v) is 6.24. The molecule has 2 N–H and O–H groups in total. The number of fused-ring (bicyclic) bond motifs is 1. The average Bonchev–Trinajstić information content (AvgIpc) is 2.83. The fourth-order valence-electron chi connectivity index (χ4n) is 2.03. The fourth-order valence-corrected chi connectivity index (χ4v) is 2.03. The standard InChI is InChI=1S/C13H14N4O2.ClH/c1-2-19-8-3-4-9-11(7-8)15-13(14-9)10-5-6-12(18)17-16-10;/h3-4,7H,2,5-6H2,1H3,(H,14,15)(H,17,18);1H. The van der Waals surface area contributed by atoms with E-state index in [0.717, 1.165) is 22.5 Å². The Labute approximate surface area is 122 Å². The minimum absolute atomic E-state index is 0. The molecule has 2 heterocycles. The van der Waals surface area contributed by atoms with E-state index >= 15 is 0 Å². The summed E-state index contributed by atoms with van der Waals surface area (Å²) >= 11 is 0. The number of amides is 1. The smallest absolute Gasteiger partial charge is 0.240 e. The number of aromatic nitrogens is 2. The number of benzene rings is 1. The Hall–Kier alpha value is -2.08. The molecule has 1 aromatic heterocycles. The second kappa shape index (κ2) is 5.92. The van der Waals surface area contributed by atoms with Crippen LogP contribution in [0.3, 0.4) is 0 Å². The number of halogens is 1. The molecule has 0 aliphatic carbocycles. The highest BCUT2D eigenvalue weighted by atomic mass is 35.5. The Balaban J connectivity index is 0.00000147. The molecule has 0 saturated heterocycles. The summed E-state index contributed by atoms with van der Waals surface area (Å²) < 4.78 is 5.45. The second-order valence-electron chi connectivity index (χ2n) is 4.29. The minimum atomic E-state index is -0.0570. The molecule has 20 heavy (non-hydrogen) atoms. The molecule has 0 atom stereocenters. The maximum atomic E-state index is 11.1. The van der Waals surface area contributed by atoms with Crippen LogP contribution in [0.15, 0.2) is 23.3 Å². The van der Waals surface area contributed by atoms with Crippen LogP contribution in [0.25, 0.3) is 11.0 Å². The first kappa shape index (κ1) is 14.3. The van der Waals surface area contributed by atoms with E-state index in [1.54, 1.807) is 0 Å². The van der Waals surface area contributed by atoms with Crippen molar-refractivity contribution in [2.24, 2.45) is 5.10 Å². The normalized spacial score (nSPS) is 14.4. The van der Waals surface area contributed by atoms with Crippen molar-refractivity contribution in [3.05, 3.63) is 24.0 Å². The second-order valence-corrected chi connectivity index (χ2v) is 4.29. The molecule has 7 heteroatoms. The summed E-state index contributed by atoms with van der Waals surface area (Å²) in [6, 6.07) is 5.71. The van der Waals surface area contributed by atoms with E-state index in [9.17, 15) is 4.79 Å². The van der Waals surface area contributed by atoms with Gasteiger partial charge in [-0.15, -0.1) is 12.4 Å². The molecule has 2 aromatic rings. The summed E-state index contributed by atoms with van der Waals surface area (Å²) in [5.74, 6) is 1.45. The topological polar surface area (TPSA) is 79.4 Å². The van der Waals surface area contributed by atoms with E-state index in [4.69, 9.17) is 4.74 Å².